The van der Waals surface area contributed by atoms with E-state index in [1.54, 1.807) is 6.33 Å². The molecule has 0 amide bonds. The SMILES string of the molecule is CN(C)c1ccc([C@H]2Oc3ccccc3C3=C2[C@@H](c2ccc(Br)cc2)n2ncnc2N3)cc1. The van der Waals surface area contributed by atoms with Gasteiger partial charge in [0.2, 0.25) is 5.95 Å². The van der Waals surface area contributed by atoms with E-state index in [4.69, 9.17) is 4.74 Å². The highest BCUT2D eigenvalue weighted by molar-refractivity contribution is 9.10. The Morgan fingerprint density at radius 3 is 2.42 bits per heavy atom. The van der Waals surface area contributed by atoms with Crippen LogP contribution in [0, 0.1) is 0 Å². The van der Waals surface area contributed by atoms with Crippen LogP contribution in [0.3, 0.4) is 0 Å². The number of aromatic nitrogens is 3. The maximum absolute atomic E-state index is 6.67. The fraction of sp³-hybridized carbons (Fsp3) is 0.154. The molecule has 33 heavy (non-hydrogen) atoms. The third-order valence-electron chi connectivity index (χ3n) is 6.22. The summed E-state index contributed by atoms with van der Waals surface area (Å²) in [7, 11) is 4.09. The minimum Gasteiger partial charge on any atom is -0.480 e. The van der Waals surface area contributed by atoms with Crippen LogP contribution in [0.15, 0.2) is 89.2 Å². The number of anilines is 2. The predicted molar refractivity (Wildman–Crippen MR) is 133 cm³/mol. The summed E-state index contributed by atoms with van der Waals surface area (Å²) in [5.74, 6) is 1.58. The van der Waals surface area contributed by atoms with Gasteiger partial charge in [0.25, 0.3) is 0 Å². The van der Waals surface area contributed by atoms with Crippen molar-refractivity contribution in [2.75, 3.05) is 24.3 Å². The summed E-state index contributed by atoms with van der Waals surface area (Å²) in [5, 5.41) is 8.13. The number of rotatable bonds is 3. The van der Waals surface area contributed by atoms with Crippen molar-refractivity contribution in [3.8, 4) is 5.75 Å². The smallest absolute Gasteiger partial charge is 0.226 e. The number of fused-ring (bicyclic) bond motifs is 3. The third kappa shape index (κ3) is 3.31. The Morgan fingerprint density at radius 1 is 0.939 bits per heavy atom. The molecule has 2 aliphatic heterocycles. The van der Waals surface area contributed by atoms with Gasteiger partial charge in [0, 0.05) is 35.4 Å². The number of halogens is 1. The molecule has 7 heteroatoms. The van der Waals surface area contributed by atoms with Crippen molar-refractivity contribution >= 4 is 33.3 Å². The van der Waals surface area contributed by atoms with E-state index in [9.17, 15) is 0 Å². The lowest BCUT2D eigenvalue weighted by atomic mass is 9.84. The molecule has 1 aromatic heterocycles. The molecule has 3 heterocycles. The molecule has 0 saturated heterocycles. The molecular formula is C26H22BrN5O. The molecule has 2 atom stereocenters. The predicted octanol–water partition coefficient (Wildman–Crippen LogP) is 5.67. The van der Waals surface area contributed by atoms with Crippen molar-refractivity contribution in [2.45, 2.75) is 12.1 Å². The van der Waals surface area contributed by atoms with Gasteiger partial charge < -0.3 is 15.0 Å². The molecule has 0 radical (unpaired) electrons. The molecule has 0 fully saturated rings. The van der Waals surface area contributed by atoms with Gasteiger partial charge in [0.15, 0.2) is 0 Å². The molecule has 6 nitrogen and oxygen atoms in total. The number of benzene rings is 3. The molecule has 4 aromatic rings. The lowest BCUT2D eigenvalue weighted by Crippen LogP contribution is -2.32. The summed E-state index contributed by atoms with van der Waals surface area (Å²) in [6.07, 6.45) is 1.32. The highest BCUT2D eigenvalue weighted by Crippen LogP contribution is 2.50. The van der Waals surface area contributed by atoms with Crippen molar-refractivity contribution < 1.29 is 4.74 Å². The first-order valence-electron chi connectivity index (χ1n) is 10.8. The monoisotopic (exact) mass is 499 g/mol. The van der Waals surface area contributed by atoms with Crippen LogP contribution < -0.4 is 15.0 Å². The first-order chi connectivity index (χ1) is 16.1. The van der Waals surface area contributed by atoms with E-state index in [1.807, 2.05) is 37.0 Å². The second-order valence-electron chi connectivity index (χ2n) is 8.42. The summed E-state index contributed by atoms with van der Waals surface area (Å²) in [6, 6.07) is 24.9. The van der Waals surface area contributed by atoms with E-state index in [-0.39, 0.29) is 12.1 Å². The van der Waals surface area contributed by atoms with Gasteiger partial charge in [0.05, 0.1) is 5.70 Å². The van der Waals surface area contributed by atoms with Gasteiger partial charge >= 0.3 is 0 Å². The first kappa shape index (κ1) is 20.1. The maximum atomic E-state index is 6.67. The van der Waals surface area contributed by atoms with E-state index < -0.39 is 0 Å². The Bertz CT molecular complexity index is 1360. The lowest BCUT2D eigenvalue weighted by molar-refractivity contribution is 0.223. The van der Waals surface area contributed by atoms with Crippen LogP contribution in [0.5, 0.6) is 5.75 Å². The number of hydrogen-bond acceptors (Lipinski definition) is 5. The van der Waals surface area contributed by atoms with Crippen LogP contribution in [0.25, 0.3) is 5.70 Å². The van der Waals surface area contributed by atoms with Crippen LogP contribution in [0.1, 0.15) is 28.8 Å². The molecule has 2 aliphatic rings. The second-order valence-corrected chi connectivity index (χ2v) is 9.33. The highest BCUT2D eigenvalue weighted by Gasteiger charge is 2.40. The van der Waals surface area contributed by atoms with E-state index in [0.717, 1.165) is 49.8 Å². The van der Waals surface area contributed by atoms with E-state index in [0.29, 0.717) is 0 Å². The topological polar surface area (TPSA) is 55.2 Å². The van der Waals surface area contributed by atoms with Crippen LogP contribution >= 0.6 is 15.9 Å². The van der Waals surface area contributed by atoms with Gasteiger partial charge in [-0.15, -0.1) is 0 Å². The summed E-state index contributed by atoms with van der Waals surface area (Å²) < 4.78 is 9.65. The fourth-order valence-electron chi connectivity index (χ4n) is 4.61. The quantitative estimate of drug-likeness (QED) is 0.393. The number of hydrogen-bond donors (Lipinski definition) is 1. The van der Waals surface area contributed by atoms with Gasteiger partial charge in [0.1, 0.15) is 24.2 Å². The van der Waals surface area contributed by atoms with Gasteiger partial charge in [-0.2, -0.15) is 10.1 Å². The minimum atomic E-state index is -0.274. The molecule has 1 N–H and O–H groups in total. The van der Waals surface area contributed by atoms with E-state index >= 15 is 0 Å². The minimum absolute atomic E-state index is 0.154. The standard InChI is InChI=1S/C26H22BrN5O/c1-31(2)19-13-9-17(10-14-19)25-22-23(20-5-3-4-6-21(20)33-25)30-26-28-15-29-32(26)24(22)16-7-11-18(27)12-8-16/h3-15,24-25H,1-2H3,(H,28,29,30)/t24-,25-/m1/s1. The third-order valence-corrected chi connectivity index (χ3v) is 6.75. The Balaban J connectivity index is 1.58. The average Bonchev–Trinajstić information content (AvgIpc) is 3.31. The van der Waals surface area contributed by atoms with Gasteiger partial charge in [-0.1, -0.05) is 52.3 Å². The molecule has 0 saturated carbocycles. The number of nitrogens with zero attached hydrogens (tertiary/aromatic N) is 4. The summed E-state index contributed by atoms with van der Waals surface area (Å²) in [5.41, 5.74) is 6.55. The van der Waals surface area contributed by atoms with Gasteiger partial charge in [-0.25, -0.2) is 4.68 Å². The molecule has 0 spiro atoms. The zero-order chi connectivity index (χ0) is 22.5. The molecule has 3 aromatic carbocycles. The molecule has 0 bridgehead atoms. The Morgan fingerprint density at radius 2 is 1.67 bits per heavy atom. The zero-order valence-electron chi connectivity index (χ0n) is 18.2. The maximum Gasteiger partial charge on any atom is 0.226 e. The summed E-state index contributed by atoms with van der Waals surface area (Å²) >= 11 is 3.56. The van der Waals surface area contributed by atoms with Crippen LogP contribution in [-0.2, 0) is 0 Å². The molecule has 164 valence electrons. The largest absolute Gasteiger partial charge is 0.480 e. The van der Waals surface area contributed by atoms with Crippen molar-refractivity contribution in [1.29, 1.82) is 0 Å². The highest BCUT2D eigenvalue weighted by atomic mass is 79.9. The molecule has 0 aliphatic carbocycles. The molecular weight excluding hydrogens is 478 g/mol. The second kappa shape index (κ2) is 7.78. The van der Waals surface area contributed by atoms with Crippen molar-refractivity contribution in [3.05, 3.63) is 106 Å². The summed E-state index contributed by atoms with van der Waals surface area (Å²) in [6.45, 7) is 0. The normalized spacial score (nSPS) is 18.5. The van der Waals surface area contributed by atoms with E-state index in [2.05, 4.69) is 90.8 Å². The zero-order valence-corrected chi connectivity index (χ0v) is 19.8. The lowest BCUT2D eigenvalue weighted by Gasteiger charge is -2.39. The average molecular weight is 500 g/mol. The molecule has 0 unspecified atom stereocenters. The number of nitrogens with one attached hydrogen (secondary N) is 1. The Labute approximate surface area is 200 Å². The Kier molecular flexibility index (Phi) is 4.73. The van der Waals surface area contributed by atoms with Crippen molar-refractivity contribution in [1.82, 2.24) is 14.8 Å². The summed E-state index contributed by atoms with van der Waals surface area (Å²) in [4.78, 5) is 6.59. The first-order valence-corrected chi connectivity index (χ1v) is 11.6. The fourth-order valence-corrected chi connectivity index (χ4v) is 4.87. The van der Waals surface area contributed by atoms with Crippen molar-refractivity contribution in [3.63, 3.8) is 0 Å². The van der Waals surface area contributed by atoms with Gasteiger partial charge in [-0.05, 0) is 47.5 Å². The van der Waals surface area contributed by atoms with E-state index in [1.165, 1.54) is 0 Å². The van der Waals surface area contributed by atoms with Crippen LogP contribution in [0.4, 0.5) is 11.6 Å². The number of para-hydroxylation sites is 1. The van der Waals surface area contributed by atoms with Gasteiger partial charge in [-0.3, -0.25) is 0 Å². The van der Waals surface area contributed by atoms with Crippen molar-refractivity contribution in [2.24, 2.45) is 0 Å². The van der Waals surface area contributed by atoms with Crippen LogP contribution in [0.2, 0.25) is 0 Å². The van der Waals surface area contributed by atoms with Crippen LogP contribution in [-0.4, -0.2) is 28.9 Å². The molecule has 6 rings (SSSR count). The Hall–Kier alpha value is -3.58. The number of ether oxygens (including phenoxy) is 1.